The summed E-state index contributed by atoms with van der Waals surface area (Å²) in [6, 6.07) is 7.66. The van der Waals surface area contributed by atoms with Crippen LogP contribution in [0, 0.1) is 0 Å². The Kier molecular flexibility index (Phi) is 7.19. The van der Waals surface area contributed by atoms with E-state index >= 15 is 0 Å². The number of anilines is 1. The van der Waals surface area contributed by atoms with Gasteiger partial charge in [-0.1, -0.05) is 45.2 Å². The largest absolute Gasteiger partial charge is 0.325 e. The van der Waals surface area contributed by atoms with Crippen molar-refractivity contribution in [1.82, 2.24) is 0 Å². The molecule has 0 aliphatic heterocycles. The summed E-state index contributed by atoms with van der Waals surface area (Å²) in [5.41, 5.74) is 7.93. The molecule has 1 unspecified atom stereocenters. The predicted molar refractivity (Wildman–Crippen MR) is 81.2 cm³/mol. The van der Waals surface area contributed by atoms with Gasteiger partial charge in [-0.2, -0.15) is 0 Å². The first-order valence-electron chi connectivity index (χ1n) is 7.32. The van der Waals surface area contributed by atoms with Crippen LogP contribution in [0.1, 0.15) is 51.5 Å². The Labute approximate surface area is 116 Å². The number of aryl methyl sites for hydroxylation is 1. The highest BCUT2D eigenvalue weighted by atomic mass is 16.2. The summed E-state index contributed by atoms with van der Waals surface area (Å²) >= 11 is 0. The molecule has 106 valence electrons. The molecule has 0 saturated carbocycles. The Bertz CT molecular complexity index is 373. The van der Waals surface area contributed by atoms with Crippen molar-refractivity contribution in [3.63, 3.8) is 0 Å². The molecule has 0 heterocycles. The first-order chi connectivity index (χ1) is 9.17. The summed E-state index contributed by atoms with van der Waals surface area (Å²) in [5.74, 6) is -0.0967. The quantitative estimate of drug-likeness (QED) is 0.705. The number of unbranched alkanes of at least 4 members (excludes halogenated alkanes) is 2. The number of benzene rings is 1. The summed E-state index contributed by atoms with van der Waals surface area (Å²) in [6.45, 7) is 4.23. The maximum atomic E-state index is 11.8. The standard InChI is InChI=1S/C16H26N2O/c1-3-5-6-8-13-9-11-14(12-10-13)18-16(19)15(17)7-4-2/h9-12,15H,3-8,17H2,1-2H3,(H,18,19). The minimum absolute atomic E-state index is 0.0967. The van der Waals surface area contributed by atoms with E-state index in [0.29, 0.717) is 0 Å². The minimum atomic E-state index is -0.408. The molecule has 1 amide bonds. The van der Waals surface area contributed by atoms with E-state index in [1.807, 2.05) is 19.1 Å². The Morgan fingerprint density at radius 3 is 2.42 bits per heavy atom. The predicted octanol–water partition coefficient (Wildman–Crippen LogP) is 3.49. The summed E-state index contributed by atoms with van der Waals surface area (Å²) in [5, 5.41) is 2.86. The zero-order valence-corrected chi connectivity index (χ0v) is 12.1. The Balaban J connectivity index is 2.45. The van der Waals surface area contributed by atoms with E-state index in [-0.39, 0.29) is 5.91 Å². The van der Waals surface area contributed by atoms with Crippen LogP contribution in [0.5, 0.6) is 0 Å². The van der Waals surface area contributed by atoms with E-state index in [1.54, 1.807) is 0 Å². The van der Waals surface area contributed by atoms with Crippen molar-refractivity contribution in [2.45, 2.75) is 58.4 Å². The summed E-state index contributed by atoms with van der Waals surface area (Å²) in [4.78, 5) is 11.8. The SMILES string of the molecule is CCCCCc1ccc(NC(=O)C(N)CCC)cc1. The van der Waals surface area contributed by atoms with E-state index in [4.69, 9.17) is 5.73 Å². The molecule has 0 spiro atoms. The van der Waals surface area contributed by atoms with Crippen LogP contribution in [0.2, 0.25) is 0 Å². The molecule has 0 radical (unpaired) electrons. The lowest BCUT2D eigenvalue weighted by Crippen LogP contribution is -2.35. The number of amides is 1. The summed E-state index contributed by atoms with van der Waals surface area (Å²) in [7, 11) is 0. The molecule has 3 nitrogen and oxygen atoms in total. The van der Waals surface area contributed by atoms with Gasteiger partial charge in [-0.05, 0) is 37.0 Å². The van der Waals surface area contributed by atoms with Gasteiger partial charge < -0.3 is 11.1 Å². The van der Waals surface area contributed by atoms with Gasteiger partial charge in [0.25, 0.3) is 0 Å². The van der Waals surface area contributed by atoms with Crippen LogP contribution in [-0.2, 0) is 11.2 Å². The van der Waals surface area contributed by atoms with Crippen LogP contribution in [0.4, 0.5) is 5.69 Å². The molecule has 0 saturated heterocycles. The summed E-state index contributed by atoms with van der Waals surface area (Å²) < 4.78 is 0. The maximum Gasteiger partial charge on any atom is 0.241 e. The van der Waals surface area contributed by atoms with Crippen LogP contribution < -0.4 is 11.1 Å². The third kappa shape index (κ3) is 5.88. The van der Waals surface area contributed by atoms with Crippen molar-refractivity contribution in [2.24, 2.45) is 5.73 Å². The van der Waals surface area contributed by atoms with E-state index in [1.165, 1.54) is 24.8 Å². The van der Waals surface area contributed by atoms with Gasteiger partial charge in [0.15, 0.2) is 0 Å². The highest BCUT2D eigenvalue weighted by Gasteiger charge is 2.11. The molecule has 3 heteroatoms. The van der Waals surface area contributed by atoms with Gasteiger partial charge in [0.1, 0.15) is 0 Å². The van der Waals surface area contributed by atoms with Gasteiger partial charge in [0.2, 0.25) is 5.91 Å². The minimum Gasteiger partial charge on any atom is -0.325 e. The van der Waals surface area contributed by atoms with Gasteiger partial charge in [-0.15, -0.1) is 0 Å². The molecule has 0 aromatic heterocycles. The normalized spacial score (nSPS) is 12.2. The average molecular weight is 262 g/mol. The van der Waals surface area contributed by atoms with E-state index in [9.17, 15) is 4.79 Å². The molecule has 0 fully saturated rings. The third-order valence-corrected chi connectivity index (χ3v) is 3.23. The van der Waals surface area contributed by atoms with E-state index in [0.717, 1.165) is 24.9 Å². The summed E-state index contributed by atoms with van der Waals surface area (Å²) in [6.07, 6.45) is 6.49. The molecule has 1 rings (SSSR count). The van der Waals surface area contributed by atoms with Gasteiger partial charge in [-0.25, -0.2) is 0 Å². The highest BCUT2D eigenvalue weighted by molar-refractivity contribution is 5.94. The van der Waals surface area contributed by atoms with Crippen LogP contribution in [0.25, 0.3) is 0 Å². The second-order valence-corrected chi connectivity index (χ2v) is 5.04. The molecule has 3 N–H and O–H groups in total. The molecule has 0 aliphatic carbocycles. The van der Waals surface area contributed by atoms with Crippen molar-refractivity contribution >= 4 is 11.6 Å². The lowest BCUT2D eigenvalue weighted by atomic mass is 10.1. The monoisotopic (exact) mass is 262 g/mol. The fourth-order valence-electron chi connectivity index (χ4n) is 2.01. The Morgan fingerprint density at radius 2 is 1.84 bits per heavy atom. The van der Waals surface area contributed by atoms with Crippen LogP contribution in [0.3, 0.4) is 0 Å². The maximum absolute atomic E-state index is 11.8. The Morgan fingerprint density at radius 1 is 1.16 bits per heavy atom. The van der Waals surface area contributed by atoms with Crippen LogP contribution in [-0.4, -0.2) is 11.9 Å². The molecule has 0 bridgehead atoms. The zero-order valence-electron chi connectivity index (χ0n) is 12.1. The molecule has 0 aliphatic rings. The molecule has 1 aromatic rings. The zero-order chi connectivity index (χ0) is 14.1. The Hall–Kier alpha value is -1.35. The number of carbonyl (C=O) groups excluding carboxylic acids is 1. The molecule has 1 atom stereocenters. The number of hydrogen-bond acceptors (Lipinski definition) is 2. The average Bonchev–Trinajstić information content (AvgIpc) is 2.41. The first-order valence-corrected chi connectivity index (χ1v) is 7.32. The fourth-order valence-corrected chi connectivity index (χ4v) is 2.01. The van der Waals surface area contributed by atoms with Crippen molar-refractivity contribution in [1.29, 1.82) is 0 Å². The second-order valence-electron chi connectivity index (χ2n) is 5.04. The highest BCUT2D eigenvalue weighted by Crippen LogP contribution is 2.12. The fraction of sp³-hybridized carbons (Fsp3) is 0.562. The lowest BCUT2D eigenvalue weighted by molar-refractivity contribution is -0.117. The van der Waals surface area contributed by atoms with E-state index < -0.39 is 6.04 Å². The number of nitrogens with two attached hydrogens (primary N) is 1. The topological polar surface area (TPSA) is 55.1 Å². The number of hydrogen-bond donors (Lipinski definition) is 2. The third-order valence-electron chi connectivity index (χ3n) is 3.23. The van der Waals surface area contributed by atoms with Crippen LogP contribution >= 0.6 is 0 Å². The number of rotatable bonds is 8. The smallest absolute Gasteiger partial charge is 0.241 e. The lowest BCUT2D eigenvalue weighted by Gasteiger charge is -2.11. The molecular formula is C16H26N2O. The number of nitrogens with one attached hydrogen (secondary N) is 1. The molecule has 1 aromatic carbocycles. The first kappa shape index (κ1) is 15.7. The van der Waals surface area contributed by atoms with Crippen molar-refractivity contribution in [3.8, 4) is 0 Å². The van der Waals surface area contributed by atoms with Gasteiger partial charge in [0, 0.05) is 5.69 Å². The van der Waals surface area contributed by atoms with Crippen molar-refractivity contribution < 1.29 is 4.79 Å². The van der Waals surface area contributed by atoms with Gasteiger partial charge in [-0.3, -0.25) is 4.79 Å². The van der Waals surface area contributed by atoms with Gasteiger partial charge >= 0.3 is 0 Å². The number of carbonyl (C=O) groups is 1. The van der Waals surface area contributed by atoms with Gasteiger partial charge in [0.05, 0.1) is 6.04 Å². The van der Waals surface area contributed by atoms with Crippen molar-refractivity contribution in [2.75, 3.05) is 5.32 Å². The second kappa shape index (κ2) is 8.70. The molecule has 19 heavy (non-hydrogen) atoms. The van der Waals surface area contributed by atoms with Crippen molar-refractivity contribution in [3.05, 3.63) is 29.8 Å². The molecular weight excluding hydrogens is 236 g/mol. The van der Waals surface area contributed by atoms with E-state index in [2.05, 4.69) is 24.4 Å². The van der Waals surface area contributed by atoms with Crippen LogP contribution in [0.15, 0.2) is 24.3 Å².